The first-order valence-electron chi connectivity index (χ1n) is 6.09. The van der Waals surface area contributed by atoms with E-state index in [9.17, 15) is 8.42 Å². The van der Waals surface area contributed by atoms with E-state index in [0.29, 0.717) is 16.3 Å². The molecule has 0 fully saturated rings. The van der Waals surface area contributed by atoms with Crippen molar-refractivity contribution >= 4 is 38.9 Å². The molecular weight excluding hydrogens is 347 g/mol. The molecule has 0 saturated heterocycles. The van der Waals surface area contributed by atoms with Gasteiger partial charge >= 0.3 is 0 Å². The number of nitriles is 1. The molecule has 6 nitrogen and oxygen atoms in total. The molecule has 1 aromatic carbocycles. The lowest BCUT2D eigenvalue weighted by Gasteiger charge is -2.11. The second kappa shape index (κ2) is 5.80. The molecule has 0 saturated carbocycles. The Bertz CT molecular complexity index is 898. The zero-order valence-electron chi connectivity index (χ0n) is 12.0. The van der Waals surface area contributed by atoms with Crippen LogP contribution in [0, 0.1) is 25.2 Å². The van der Waals surface area contributed by atoms with Crippen molar-refractivity contribution in [3.8, 4) is 6.07 Å². The van der Waals surface area contributed by atoms with Crippen molar-refractivity contribution in [2.75, 3.05) is 4.72 Å². The molecule has 1 heterocycles. The van der Waals surface area contributed by atoms with E-state index in [1.807, 2.05) is 6.07 Å². The van der Waals surface area contributed by atoms with Crippen molar-refractivity contribution in [3.63, 3.8) is 0 Å². The minimum atomic E-state index is -3.97. The highest BCUT2D eigenvalue weighted by Gasteiger charge is 2.23. The summed E-state index contributed by atoms with van der Waals surface area (Å²) in [7, 11) is -2.41. The summed E-state index contributed by atoms with van der Waals surface area (Å²) < 4.78 is 28.7. The van der Waals surface area contributed by atoms with Gasteiger partial charge in [0.25, 0.3) is 10.0 Å². The van der Waals surface area contributed by atoms with E-state index in [0.717, 1.165) is 0 Å². The van der Waals surface area contributed by atoms with Gasteiger partial charge in [-0.3, -0.25) is 9.40 Å². The van der Waals surface area contributed by atoms with Gasteiger partial charge < -0.3 is 0 Å². The molecular formula is C13H12Cl2N4O2S. The van der Waals surface area contributed by atoms with Gasteiger partial charge in [-0.1, -0.05) is 23.2 Å². The van der Waals surface area contributed by atoms with Crippen LogP contribution >= 0.6 is 23.2 Å². The summed E-state index contributed by atoms with van der Waals surface area (Å²) in [6.07, 6.45) is 0. The maximum absolute atomic E-state index is 12.5. The van der Waals surface area contributed by atoms with Gasteiger partial charge in [0.05, 0.1) is 10.7 Å². The number of nitrogens with zero attached hydrogens (tertiary/aromatic N) is 3. The Hall–Kier alpha value is -1.75. The summed E-state index contributed by atoms with van der Waals surface area (Å²) in [5.74, 6) is 0. The van der Waals surface area contributed by atoms with Gasteiger partial charge in [0.1, 0.15) is 16.7 Å². The van der Waals surface area contributed by atoms with Crippen molar-refractivity contribution in [2.24, 2.45) is 7.05 Å². The number of halogens is 2. The van der Waals surface area contributed by atoms with Gasteiger partial charge in [0.15, 0.2) is 5.69 Å². The van der Waals surface area contributed by atoms with E-state index < -0.39 is 10.0 Å². The van der Waals surface area contributed by atoms with Gasteiger partial charge in [0, 0.05) is 12.1 Å². The molecule has 0 spiro atoms. The van der Waals surface area contributed by atoms with E-state index in [1.165, 1.54) is 16.8 Å². The highest BCUT2D eigenvalue weighted by Crippen LogP contribution is 2.30. The van der Waals surface area contributed by atoms with Crippen LogP contribution in [-0.2, 0) is 17.1 Å². The first-order valence-corrected chi connectivity index (χ1v) is 8.33. The zero-order valence-corrected chi connectivity index (χ0v) is 14.3. The summed E-state index contributed by atoms with van der Waals surface area (Å²) in [5, 5.41) is 13.5. The number of rotatable bonds is 3. The molecule has 0 aliphatic rings. The molecule has 9 heteroatoms. The third-order valence-corrected chi connectivity index (χ3v) is 5.29. The normalized spacial score (nSPS) is 11.3. The minimum absolute atomic E-state index is 0.00292. The Labute approximate surface area is 138 Å². The zero-order chi connectivity index (χ0) is 16.7. The molecule has 2 rings (SSSR count). The Morgan fingerprint density at radius 1 is 1.27 bits per heavy atom. The van der Waals surface area contributed by atoms with Crippen molar-refractivity contribution < 1.29 is 8.42 Å². The van der Waals surface area contributed by atoms with E-state index in [2.05, 4.69) is 9.82 Å². The monoisotopic (exact) mass is 358 g/mol. The average molecular weight is 359 g/mol. The molecule has 0 unspecified atom stereocenters. The van der Waals surface area contributed by atoms with Crippen LogP contribution in [-0.4, -0.2) is 18.2 Å². The summed E-state index contributed by atoms with van der Waals surface area (Å²) in [4.78, 5) is -0.108. The lowest BCUT2D eigenvalue weighted by molar-refractivity contribution is 0.601. The van der Waals surface area contributed by atoms with Gasteiger partial charge in [-0.2, -0.15) is 10.4 Å². The topological polar surface area (TPSA) is 87.8 Å². The largest absolute Gasteiger partial charge is 0.275 e. The molecule has 116 valence electrons. The predicted octanol–water partition coefficient (Wildman–Crippen LogP) is 3.02. The minimum Gasteiger partial charge on any atom is -0.275 e. The van der Waals surface area contributed by atoms with Gasteiger partial charge in [-0.25, -0.2) is 8.42 Å². The predicted molar refractivity (Wildman–Crippen MR) is 84.7 cm³/mol. The third-order valence-electron chi connectivity index (χ3n) is 3.07. The van der Waals surface area contributed by atoms with Crippen LogP contribution in [0.25, 0.3) is 0 Å². The smallest absolute Gasteiger partial charge is 0.263 e. The second-order valence-electron chi connectivity index (χ2n) is 4.68. The van der Waals surface area contributed by atoms with Crippen LogP contribution in [0.2, 0.25) is 10.0 Å². The molecule has 0 bridgehead atoms. The first-order chi connectivity index (χ1) is 10.2. The van der Waals surface area contributed by atoms with Gasteiger partial charge in [-0.05, 0) is 31.5 Å². The van der Waals surface area contributed by atoms with Crippen LogP contribution in [0.3, 0.4) is 0 Å². The molecule has 0 amide bonds. The third kappa shape index (κ3) is 2.90. The molecule has 22 heavy (non-hydrogen) atoms. The maximum atomic E-state index is 12.5. The SMILES string of the molecule is Cc1cc(S(=O)(=O)Nc2c(C)nn(C)c2C#N)c(Cl)cc1Cl. The summed E-state index contributed by atoms with van der Waals surface area (Å²) in [6, 6.07) is 4.66. The number of hydrogen-bond donors (Lipinski definition) is 1. The molecule has 2 aromatic rings. The fourth-order valence-electron chi connectivity index (χ4n) is 1.93. The van der Waals surface area contributed by atoms with Crippen LogP contribution in [0.1, 0.15) is 17.0 Å². The number of sulfonamides is 1. The Morgan fingerprint density at radius 3 is 2.50 bits per heavy atom. The lowest BCUT2D eigenvalue weighted by Crippen LogP contribution is -2.15. The Morgan fingerprint density at radius 2 is 1.91 bits per heavy atom. The van der Waals surface area contributed by atoms with E-state index in [1.54, 1.807) is 20.9 Å². The number of aromatic nitrogens is 2. The molecule has 0 aliphatic carbocycles. The number of hydrogen-bond acceptors (Lipinski definition) is 4. The molecule has 0 atom stereocenters. The number of anilines is 1. The van der Waals surface area contributed by atoms with E-state index >= 15 is 0 Å². The van der Waals surface area contributed by atoms with Crippen LogP contribution in [0.5, 0.6) is 0 Å². The number of nitrogens with one attached hydrogen (secondary N) is 1. The summed E-state index contributed by atoms with van der Waals surface area (Å²) in [5.41, 5.74) is 1.22. The Kier molecular flexibility index (Phi) is 4.38. The maximum Gasteiger partial charge on any atom is 0.263 e. The van der Waals surface area contributed by atoms with Gasteiger partial charge in [-0.15, -0.1) is 0 Å². The molecule has 1 aromatic heterocycles. The second-order valence-corrected chi connectivity index (χ2v) is 7.15. The number of aryl methyl sites for hydroxylation is 3. The first kappa shape index (κ1) is 16.6. The van der Waals surface area contributed by atoms with Crippen LogP contribution < -0.4 is 4.72 Å². The molecule has 0 radical (unpaired) electrons. The van der Waals surface area contributed by atoms with E-state index in [-0.39, 0.29) is 21.3 Å². The quantitative estimate of drug-likeness (QED) is 0.913. The molecule has 1 N–H and O–H groups in total. The summed E-state index contributed by atoms with van der Waals surface area (Å²) in [6.45, 7) is 3.28. The van der Waals surface area contributed by atoms with Gasteiger partial charge in [0.2, 0.25) is 0 Å². The van der Waals surface area contributed by atoms with Crippen LogP contribution in [0.4, 0.5) is 5.69 Å². The standard InChI is InChI=1S/C13H12Cl2N4O2S/c1-7-4-12(10(15)5-9(7)14)22(20,21)18-13-8(2)17-19(3)11(13)6-16/h4-5,18H,1-3H3. The van der Waals surface area contributed by atoms with Crippen molar-refractivity contribution in [1.29, 1.82) is 5.26 Å². The van der Waals surface area contributed by atoms with E-state index in [4.69, 9.17) is 28.5 Å². The fraction of sp³-hybridized carbons (Fsp3) is 0.231. The van der Waals surface area contributed by atoms with Crippen molar-refractivity contribution in [3.05, 3.63) is 39.1 Å². The number of benzene rings is 1. The Balaban J connectivity index is 2.55. The average Bonchev–Trinajstić information content (AvgIpc) is 2.67. The van der Waals surface area contributed by atoms with Crippen molar-refractivity contribution in [1.82, 2.24) is 9.78 Å². The summed E-state index contributed by atoms with van der Waals surface area (Å²) >= 11 is 11.9. The fourth-order valence-corrected chi connectivity index (χ4v) is 3.89. The lowest BCUT2D eigenvalue weighted by atomic mass is 10.2. The van der Waals surface area contributed by atoms with Crippen molar-refractivity contribution in [2.45, 2.75) is 18.7 Å². The highest BCUT2D eigenvalue weighted by atomic mass is 35.5. The van der Waals surface area contributed by atoms with Crippen LogP contribution in [0.15, 0.2) is 17.0 Å². The highest BCUT2D eigenvalue weighted by molar-refractivity contribution is 7.92. The molecule has 0 aliphatic heterocycles.